The molecule has 190 valence electrons. The van der Waals surface area contributed by atoms with Gasteiger partial charge in [0.25, 0.3) is 0 Å². The Labute approximate surface area is 223 Å². The lowest BCUT2D eigenvalue weighted by Gasteiger charge is -2.15. The fraction of sp³-hybridized carbons (Fsp3) is 0.0714. The van der Waals surface area contributed by atoms with Crippen molar-refractivity contribution in [2.75, 3.05) is 0 Å². The van der Waals surface area contributed by atoms with Crippen LogP contribution in [0.2, 0.25) is 0 Å². The van der Waals surface area contributed by atoms with Gasteiger partial charge in [-0.15, -0.1) is 0 Å². The molecule has 0 fully saturated rings. The fourth-order valence-electron chi connectivity index (χ4n) is 4.77. The molecule has 10 heteroatoms. The molecule has 2 aromatic heterocycles. The second-order valence-electron chi connectivity index (χ2n) is 8.77. The monoisotopic (exact) mass is 574 g/mol. The average molecular weight is 575 g/mol. The molecule has 6 rings (SSSR count). The summed E-state index contributed by atoms with van der Waals surface area (Å²) in [7, 11) is 0. The molecule has 1 aliphatic heterocycles. The molecule has 0 saturated carbocycles. The highest BCUT2D eigenvalue weighted by atomic mass is 79.9. The van der Waals surface area contributed by atoms with Crippen LogP contribution in [0.1, 0.15) is 29.2 Å². The van der Waals surface area contributed by atoms with Gasteiger partial charge < -0.3 is 34.7 Å². The first-order valence-electron chi connectivity index (χ1n) is 11.4. The Bertz CT molecular complexity index is 1760. The first kappa shape index (κ1) is 23.7. The molecule has 0 radical (unpaired) electrons. The molecule has 4 aromatic rings. The summed E-state index contributed by atoms with van der Waals surface area (Å²) in [5.41, 5.74) is 1.76. The molecule has 0 spiro atoms. The first-order chi connectivity index (χ1) is 18.2. The number of aromatic hydroxyl groups is 5. The Kier molecular flexibility index (Phi) is 5.25. The van der Waals surface area contributed by atoms with Gasteiger partial charge in [-0.25, -0.2) is 9.97 Å². The predicted molar refractivity (Wildman–Crippen MR) is 144 cm³/mol. The SMILES string of the molecule is C=Cc1oc2c(-c3c(O)c(O)c(O)c(O)c3O)nc(-c3ccc4c(c3)C3CC(Br)=CC=C3O4)nc2c1C=C. The van der Waals surface area contributed by atoms with Crippen LogP contribution in [-0.2, 0) is 0 Å². The molecule has 1 atom stereocenters. The number of ether oxygens (including phenoxy) is 1. The van der Waals surface area contributed by atoms with Gasteiger partial charge in [-0.3, -0.25) is 0 Å². The predicted octanol–water partition coefficient (Wildman–Crippen LogP) is 6.41. The summed E-state index contributed by atoms with van der Waals surface area (Å²) in [6.45, 7) is 7.58. The molecule has 0 bridgehead atoms. The summed E-state index contributed by atoms with van der Waals surface area (Å²) < 4.78 is 12.9. The maximum Gasteiger partial charge on any atom is 0.208 e. The molecule has 0 amide bonds. The summed E-state index contributed by atoms with van der Waals surface area (Å²) in [5, 5.41) is 51.6. The van der Waals surface area contributed by atoms with E-state index in [0.717, 1.165) is 28.0 Å². The standard InChI is InChI=1S/C28H19BrN2O7/c1-3-13-16(4-2)38-27-20(13)30-28(31-21(27)19-22(32)24(34)26(36)25(35)23(19)33)11-5-7-17-14(9-11)15-10-12(29)6-8-18(15)37-17/h3-9,15,32-36H,1-2,10H2. The van der Waals surface area contributed by atoms with E-state index in [2.05, 4.69) is 34.1 Å². The van der Waals surface area contributed by atoms with Crippen LogP contribution in [0, 0.1) is 0 Å². The van der Waals surface area contributed by atoms with Crippen molar-refractivity contribution in [1.82, 2.24) is 9.97 Å². The fourth-order valence-corrected chi connectivity index (χ4v) is 5.22. The molecule has 38 heavy (non-hydrogen) atoms. The summed E-state index contributed by atoms with van der Waals surface area (Å²) >= 11 is 3.56. The Balaban J connectivity index is 1.63. The third-order valence-electron chi connectivity index (χ3n) is 6.64. The molecule has 2 aliphatic rings. The summed E-state index contributed by atoms with van der Waals surface area (Å²) in [5.74, 6) is -2.89. The van der Waals surface area contributed by atoms with E-state index in [4.69, 9.17) is 14.1 Å². The van der Waals surface area contributed by atoms with Crippen molar-refractivity contribution in [1.29, 1.82) is 0 Å². The van der Waals surface area contributed by atoms with E-state index in [0.29, 0.717) is 22.4 Å². The minimum atomic E-state index is -1.08. The topological polar surface area (TPSA) is 149 Å². The van der Waals surface area contributed by atoms with Gasteiger partial charge in [-0.2, -0.15) is 0 Å². The van der Waals surface area contributed by atoms with E-state index >= 15 is 0 Å². The maximum atomic E-state index is 10.7. The Morgan fingerprint density at radius 1 is 0.921 bits per heavy atom. The van der Waals surface area contributed by atoms with E-state index < -0.39 is 34.3 Å². The minimum absolute atomic E-state index is 0.0108. The zero-order valence-electron chi connectivity index (χ0n) is 19.6. The Hall–Kier alpha value is -4.70. The molecular weight excluding hydrogens is 556 g/mol. The van der Waals surface area contributed by atoms with Crippen molar-refractivity contribution >= 4 is 39.2 Å². The Morgan fingerprint density at radius 2 is 1.63 bits per heavy atom. The second-order valence-corrected chi connectivity index (χ2v) is 9.79. The maximum absolute atomic E-state index is 10.7. The van der Waals surface area contributed by atoms with Gasteiger partial charge in [0.15, 0.2) is 22.9 Å². The van der Waals surface area contributed by atoms with Crippen molar-refractivity contribution in [3.8, 4) is 57.1 Å². The number of nitrogens with zero attached hydrogens (tertiary/aromatic N) is 2. The molecule has 0 saturated heterocycles. The third-order valence-corrected chi connectivity index (χ3v) is 7.23. The first-order valence-corrected chi connectivity index (χ1v) is 12.2. The molecule has 3 heterocycles. The number of fused-ring (bicyclic) bond motifs is 4. The van der Waals surface area contributed by atoms with E-state index in [1.165, 1.54) is 12.2 Å². The van der Waals surface area contributed by atoms with E-state index in [9.17, 15) is 25.5 Å². The number of hydrogen-bond donors (Lipinski definition) is 5. The lowest BCUT2D eigenvalue weighted by Crippen LogP contribution is -2.02. The van der Waals surface area contributed by atoms with Crippen LogP contribution in [-0.4, -0.2) is 35.5 Å². The number of aromatic nitrogens is 2. The van der Waals surface area contributed by atoms with Gasteiger partial charge in [0.05, 0.1) is 11.5 Å². The normalized spacial score (nSPS) is 15.9. The number of hydrogen-bond acceptors (Lipinski definition) is 9. The van der Waals surface area contributed by atoms with E-state index in [1.807, 2.05) is 24.3 Å². The van der Waals surface area contributed by atoms with Crippen LogP contribution in [0.3, 0.4) is 0 Å². The second kappa shape index (κ2) is 8.42. The van der Waals surface area contributed by atoms with Crippen LogP contribution in [0.4, 0.5) is 0 Å². The third kappa shape index (κ3) is 3.30. The van der Waals surface area contributed by atoms with Crippen molar-refractivity contribution < 1.29 is 34.7 Å². The molecule has 1 unspecified atom stereocenters. The number of allylic oxidation sites excluding steroid dienone is 4. The minimum Gasteiger partial charge on any atom is -0.504 e. The van der Waals surface area contributed by atoms with Gasteiger partial charge >= 0.3 is 0 Å². The highest BCUT2D eigenvalue weighted by Crippen LogP contribution is 2.56. The molecule has 9 nitrogen and oxygen atoms in total. The molecule has 5 N–H and O–H groups in total. The number of benzene rings is 2. The number of phenols is 5. The smallest absolute Gasteiger partial charge is 0.208 e. The van der Waals surface area contributed by atoms with Crippen LogP contribution in [0.15, 0.2) is 58.2 Å². The van der Waals surface area contributed by atoms with Crippen LogP contribution in [0.5, 0.6) is 34.5 Å². The molecule has 1 aliphatic carbocycles. The van der Waals surface area contributed by atoms with Gasteiger partial charge in [0.1, 0.15) is 28.5 Å². The van der Waals surface area contributed by atoms with Gasteiger partial charge in [-0.05, 0) is 47.3 Å². The van der Waals surface area contributed by atoms with Gasteiger partial charge in [0, 0.05) is 16.7 Å². The number of halogens is 1. The van der Waals surface area contributed by atoms with Crippen LogP contribution < -0.4 is 4.74 Å². The lowest BCUT2D eigenvalue weighted by atomic mass is 9.91. The van der Waals surface area contributed by atoms with Crippen molar-refractivity contribution in [3.05, 3.63) is 70.6 Å². The molecular formula is C28H19BrN2O7. The largest absolute Gasteiger partial charge is 0.504 e. The summed E-state index contributed by atoms with van der Waals surface area (Å²) in [6, 6.07) is 5.50. The van der Waals surface area contributed by atoms with E-state index in [-0.39, 0.29) is 23.0 Å². The average Bonchev–Trinajstić information content (AvgIpc) is 3.47. The lowest BCUT2D eigenvalue weighted by molar-refractivity contribution is 0.330. The summed E-state index contributed by atoms with van der Waals surface area (Å²) in [4.78, 5) is 9.27. The van der Waals surface area contributed by atoms with Gasteiger partial charge in [-0.1, -0.05) is 35.2 Å². The Morgan fingerprint density at radius 3 is 2.32 bits per heavy atom. The van der Waals surface area contributed by atoms with Crippen LogP contribution in [0.25, 0.3) is 45.9 Å². The van der Waals surface area contributed by atoms with Crippen LogP contribution >= 0.6 is 15.9 Å². The molecule has 2 aromatic carbocycles. The number of rotatable bonds is 4. The highest BCUT2D eigenvalue weighted by molar-refractivity contribution is 9.11. The number of phenolic OH excluding ortho intramolecular Hbond substituents is 5. The van der Waals surface area contributed by atoms with E-state index in [1.54, 1.807) is 6.07 Å². The zero-order chi connectivity index (χ0) is 26.9. The summed E-state index contributed by atoms with van der Waals surface area (Å²) in [6.07, 6.45) is 7.58. The number of furan rings is 1. The highest BCUT2D eigenvalue weighted by Gasteiger charge is 2.33. The quantitative estimate of drug-likeness (QED) is 0.137. The van der Waals surface area contributed by atoms with Gasteiger partial charge in [0.2, 0.25) is 17.2 Å². The van der Waals surface area contributed by atoms with Crippen molar-refractivity contribution in [2.24, 2.45) is 0 Å². The van der Waals surface area contributed by atoms with Crippen molar-refractivity contribution in [2.45, 2.75) is 12.3 Å². The zero-order valence-corrected chi connectivity index (χ0v) is 21.2. The van der Waals surface area contributed by atoms with Crippen molar-refractivity contribution in [3.63, 3.8) is 0 Å².